The van der Waals surface area contributed by atoms with Crippen LogP contribution < -0.4 is 10.6 Å². The highest BCUT2D eigenvalue weighted by molar-refractivity contribution is 6.33. The molecule has 0 unspecified atom stereocenters. The molecule has 0 bridgehead atoms. The summed E-state index contributed by atoms with van der Waals surface area (Å²) in [6.45, 7) is 2.06. The molecule has 0 aliphatic carbocycles. The lowest BCUT2D eigenvalue weighted by Gasteiger charge is -2.23. The van der Waals surface area contributed by atoms with Gasteiger partial charge in [-0.3, -0.25) is 0 Å². The highest BCUT2D eigenvalue weighted by Crippen LogP contribution is 2.33. The Balaban J connectivity index is 0.00000182. The largest absolute Gasteiger partial charge is 0.351 e. The van der Waals surface area contributed by atoms with Crippen LogP contribution in [0.4, 0.5) is 5.95 Å². The summed E-state index contributed by atoms with van der Waals surface area (Å²) in [7, 11) is 2.04. The van der Waals surface area contributed by atoms with Crippen LogP contribution in [0.15, 0.2) is 36.7 Å². The minimum absolute atomic E-state index is 0. The van der Waals surface area contributed by atoms with Gasteiger partial charge >= 0.3 is 0 Å². The molecule has 2 aromatic heterocycles. The normalized spacial score (nSPS) is 15.1. The summed E-state index contributed by atoms with van der Waals surface area (Å²) < 4.78 is 2.10. The van der Waals surface area contributed by atoms with Crippen molar-refractivity contribution in [1.82, 2.24) is 19.9 Å². The average molecular weight is 378 g/mol. The molecule has 0 atom stereocenters. The van der Waals surface area contributed by atoms with Crippen molar-refractivity contribution in [3.8, 4) is 11.3 Å². The third-order valence-corrected chi connectivity index (χ3v) is 4.85. The third-order valence-electron chi connectivity index (χ3n) is 4.57. The van der Waals surface area contributed by atoms with Gasteiger partial charge in [0.15, 0.2) is 0 Å². The smallest absolute Gasteiger partial charge is 0.223 e. The molecular weight excluding hydrogens is 357 g/mol. The Labute approximate surface area is 158 Å². The van der Waals surface area contributed by atoms with Gasteiger partial charge in [-0.1, -0.05) is 29.8 Å². The second-order valence-corrected chi connectivity index (χ2v) is 6.64. The van der Waals surface area contributed by atoms with Gasteiger partial charge in [0.1, 0.15) is 0 Å². The molecule has 132 valence electrons. The van der Waals surface area contributed by atoms with Crippen LogP contribution in [-0.2, 0) is 7.05 Å². The number of aromatic nitrogens is 3. The minimum Gasteiger partial charge on any atom is -0.351 e. The molecule has 1 aliphatic heterocycles. The van der Waals surface area contributed by atoms with Gasteiger partial charge in [-0.2, -0.15) is 0 Å². The topological polar surface area (TPSA) is 54.8 Å². The first-order chi connectivity index (χ1) is 11.7. The molecule has 3 aromatic rings. The molecule has 5 nitrogen and oxygen atoms in total. The number of nitrogens with one attached hydrogen (secondary N) is 2. The van der Waals surface area contributed by atoms with Gasteiger partial charge < -0.3 is 15.2 Å². The fourth-order valence-electron chi connectivity index (χ4n) is 3.30. The minimum atomic E-state index is 0. The van der Waals surface area contributed by atoms with Crippen molar-refractivity contribution in [3.63, 3.8) is 0 Å². The first kappa shape index (κ1) is 18.0. The monoisotopic (exact) mass is 377 g/mol. The van der Waals surface area contributed by atoms with Crippen molar-refractivity contribution in [2.45, 2.75) is 18.9 Å². The number of aryl methyl sites for hydroxylation is 1. The Kier molecular flexibility index (Phi) is 5.47. The summed E-state index contributed by atoms with van der Waals surface area (Å²) in [5, 5.41) is 8.53. The van der Waals surface area contributed by atoms with E-state index in [0.717, 1.165) is 48.1 Å². The fourth-order valence-corrected chi connectivity index (χ4v) is 3.50. The van der Waals surface area contributed by atoms with Gasteiger partial charge in [-0.25, -0.2) is 9.97 Å². The molecular formula is C18H21Cl2N5. The van der Waals surface area contributed by atoms with E-state index in [1.54, 1.807) is 6.20 Å². The van der Waals surface area contributed by atoms with Crippen molar-refractivity contribution >= 4 is 40.9 Å². The van der Waals surface area contributed by atoms with Gasteiger partial charge in [-0.05, 0) is 32.0 Å². The molecule has 2 N–H and O–H groups in total. The van der Waals surface area contributed by atoms with Crippen LogP contribution in [0, 0.1) is 0 Å². The molecule has 0 amide bonds. The molecule has 25 heavy (non-hydrogen) atoms. The molecule has 3 heterocycles. The highest BCUT2D eigenvalue weighted by atomic mass is 35.5. The molecule has 1 aliphatic rings. The number of rotatable bonds is 3. The zero-order valence-corrected chi connectivity index (χ0v) is 15.6. The number of hydrogen-bond acceptors (Lipinski definition) is 4. The predicted octanol–water partition coefficient (Wildman–Crippen LogP) is 3.87. The molecule has 0 radical (unpaired) electrons. The summed E-state index contributed by atoms with van der Waals surface area (Å²) in [6.07, 6.45) is 5.92. The Hall–Kier alpha value is -1.82. The number of benzene rings is 1. The van der Waals surface area contributed by atoms with E-state index < -0.39 is 0 Å². The second kappa shape index (κ2) is 7.60. The molecule has 1 aromatic carbocycles. The molecule has 4 rings (SSSR count). The lowest BCUT2D eigenvalue weighted by molar-refractivity contribution is 0.477. The Morgan fingerprint density at radius 2 is 2.00 bits per heavy atom. The molecule has 1 saturated heterocycles. The summed E-state index contributed by atoms with van der Waals surface area (Å²) >= 11 is 6.41. The van der Waals surface area contributed by atoms with Crippen LogP contribution >= 0.6 is 24.0 Å². The maximum absolute atomic E-state index is 6.41. The number of anilines is 1. The van der Waals surface area contributed by atoms with E-state index in [2.05, 4.69) is 38.5 Å². The lowest BCUT2D eigenvalue weighted by Crippen LogP contribution is -2.35. The molecule has 7 heteroatoms. The SMILES string of the molecule is Cl.Cn1cc(-c2nc(NC3CCNCC3)ncc2Cl)c2ccccc21. The number of halogens is 2. The van der Waals surface area contributed by atoms with Gasteiger partial charge in [-0.15, -0.1) is 12.4 Å². The first-order valence-corrected chi connectivity index (χ1v) is 8.64. The van der Waals surface area contributed by atoms with Crippen LogP contribution in [0.1, 0.15) is 12.8 Å². The maximum Gasteiger partial charge on any atom is 0.223 e. The molecule has 0 saturated carbocycles. The van der Waals surface area contributed by atoms with Gasteiger partial charge in [0, 0.05) is 35.8 Å². The van der Waals surface area contributed by atoms with E-state index in [0.29, 0.717) is 17.0 Å². The van der Waals surface area contributed by atoms with E-state index in [4.69, 9.17) is 16.6 Å². The van der Waals surface area contributed by atoms with E-state index in [1.807, 2.05) is 19.2 Å². The predicted molar refractivity (Wildman–Crippen MR) is 106 cm³/mol. The van der Waals surface area contributed by atoms with Crippen LogP contribution in [0.5, 0.6) is 0 Å². The standard InChI is InChI=1S/C18H20ClN5.ClH/c1-24-11-14(13-4-2-3-5-16(13)24)17-15(19)10-21-18(23-17)22-12-6-8-20-9-7-12;/h2-5,10-12,20H,6-9H2,1H3,(H,21,22,23);1H. The number of nitrogens with zero attached hydrogens (tertiary/aromatic N) is 3. The second-order valence-electron chi connectivity index (χ2n) is 6.23. The van der Waals surface area contributed by atoms with Crippen LogP contribution in [-0.4, -0.2) is 33.7 Å². The van der Waals surface area contributed by atoms with Crippen LogP contribution in [0.2, 0.25) is 5.02 Å². The average Bonchev–Trinajstić information content (AvgIpc) is 2.95. The number of hydrogen-bond donors (Lipinski definition) is 2. The Morgan fingerprint density at radius 3 is 2.80 bits per heavy atom. The summed E-state index contributed by atoms with van der Waals surface area (Å²) in [4.78, 5) is 9.08. The number of piperidine rings is 1. The van der Waals surface area contributed by atoms with E-state index >= 15 is 0 Å². The fraction of sp³-hybridized carbons (Fsp3) is 0.333. The van der Waals surface area contributed by atoms with Crippen LogP contribution in [0.3, 0.4) is 0 Å². The van der Waals surface area contributed by atoms with Crippen LogP contribution in [0.25, 0.3) is 22.2 Å². The third kappa shape index (κ3) is 3.59. The van der Waals surface area contributed by atoms with E-state index in [-0.39, 0.29) is 12.4 Å². The summed E-state index contributed by atoms with van der Waals surface area (Å²) in [5.41, 5.74) is 2.98. The van der Waals surface area contributed by atoms with Crippen molar-refractivity contribution in [3.05, 3.63) is 41.7 Å². The first-order valence-electron chi connectivity index (χ1n) is 8.26. The molecule has 0 spiro atoms. The lowest BCUT2D eigenvalue weighted by atomic mass is 10.1. The quantitative estimate of drug-likeness (QED) is 0.727. The summed E-state index contributed by atoms with van der Waals surface area (Å²) in [6, 6.07) is 8.69. The highest BCUT2D eigenvalue weighted by Gasteiger charge is 2.17. The zero-order valence-electron chi connectivity index (χ0n) is 14.0. The van der Waals surface area contributed by atoms with Gasteiger partial charge in [0.2, 0.25) is 5.95 Å². The summed E-state index contributed by atoms with van der Waals surface area (Å²) in [5.74, 6) is 0.647. The Bertz CT molecular complexity index is 871. The van der Waals surface area contributed by atoms with Crippen molar-refractivity contribution < 1.29 is 0 Å². The van der Waals surface area contributed by atoms with Crippen molar-refractivity contribution in [2.24, 2.45) is 7.05 Å². The molecule has 1 fully saturated rings. The van der Waals surface area contributed by atoms with E-state index in [1.165, 1.54) is 0 Å². The number of fused-ring (bicyclic) bond motifs is 1. The van der Waals surface area contributed by atoms with Gasteiger partial charge in [0.05, 0.1) is 16.9 Å². The van der Waals surface area contributed by atoms with Gasteiger partial charge in [0.25, 0.3) is 0 Å². The maximum atomic E-state index is 6.41. The zero-order chi connectivity index (χ0) is 16.5. The van der Waals surface area contributed by atoms with Crippen molar-refractivity contribution in [2.75, 3.05) is 18.4 Å². The van der Waals surface area contributed by atoms with E-state index in [9.17, 15) is 0 Å². The number of para-hydroxylation sites is 1. The van der Waals surface area contributed by atoms with Crippen molar-refractivity contribution in [1.29, 1.82) is 0 Å². The Morgan fingerprint density at radius 1 is 1.24 bits per heavy atom.